The maximum absolute atomic E-state index is 14.8. The van der Waals surface area contributed by atoms with E-state index in [1.165, 1.54) is 31.4 Å². The fourth-order valence-corrected chi connectivity index (χ4v) is 14.0. The van der Waals surface area contributed by atoms with Gasteiger partial charge < -0.3 is 18.8 Å². The van der Waals surface area contributed by atoms with Gasteiger partial charge in [0, 0.05) is 12.7 Å². The van der Waals surface area contributed by atoms with E-state index in [1.807, 2.05) is 13.8 Å². The zero-order chi connectivity index (χ0) is 39.9. The lowest BCUT2D eigenvalue weighted by Crippen LogP contribution is -2.60. The molecule has 54 heavy (non-hydrogen) atoms. The minimum atomic E-state index is -5.08. The second-order valence-corrected chi connectivity index (χ2v) is 19.1. The lowest BCUT2D eigenvalue weighted by Gasteiger charge is -2.63. The van der Waals surface area contributed by atoms with Crippen LogP contribution in [0, 0.1) is 50.7 Å². The van der Waals surface area contributed by atoms with Gasteiger partial charge in [0.05, 0.1) is 18.6 Å². The average Bonchev–Trinajstić information content (AvgIpc) is 3.66. The molecular formula is C41H56F3O9S-. The third kappa shape index (κ3) is 5.90. The molecule has 1 aromatic rings. The van der Waals surface area contributed by atoms with Crippen molar-refractivity contribution in [3.05, 3.63) is 47.5 Å². The standard InChI is InChI=1S/C41H57F3O9S/c1-25(2)22-28(52-34(46)40(51-8,41(42,43)44)27-12-10-9-11-13-27)23-26(3)29-16-18-36(5)30-14-15-31-37(6,33(45)50-7)32(53-54(47,48)49)17-19-38(31)24-39(30,38)21-20-35(29,36)4/h9-13,22,26,28-32H,14-21,23-24H2,1-8H3,(H,47,48,49)/p-1/t26-,28+,29-,30+,31+,32+,35-,36+,37+,38-,39+,40+/m1/s1. The van der Waals surface area contributed by atoms with Gasteiger partial charge >= 0.3 is 18.1 Å². The van der Waals surface area contributed by atoms with Crippen LogP contribution in [0.4, 0.5) is 13.2 Å². The Hall–Kier alpha value is -2.48. The van der Waals surface area contributed by atoms with Crippen LogP contribution in [-0.2, 0) is 44.0 Å². The fourth-order valence-electron chi connectivity index (χ4n) is 13.4. The van der Waals surface area contributed by atoms with E-state index in [1.54, 1.807) is 19.1 Å². The lowest BCUT2D eigenvalue weighted by molar-refractivity contribution is -0.277. The maximum Gasteiger partial charge on any atom is 0.432 e. The molecule has 0 aromatic heterocycles. The summed E-state index contributed by atoms with van der Waals surface area (Å²) in [5.41, 5.74) is -4.47. The average molecular weight is 782 g/mol. The van der Waals surface area contributed by atoms with Crippen LogP contribution in [0.5, 0.6) is 0 Å². The molecule has 0 bridgehead atoms. The summed E-state index contributed by atoms with van der Waals surface area (Å²) in [6, 6.07) is 6.87. The Balaban J connectivity index is 1.25. The smallest absolute Gasteiger partial charge is 0.432 e. The quantitative estimate of drug-likeness (QED) is 0.0941. The highest BCUT2D eigenvalue weighted by molar-refractivity contribution is 7.80. The molecule has 13 heteroatoms. The molecule has 0 unspecified atom stereocenters. The second-order valence-electron chi connectivity index (χ2n) is 18.1. The molecule has 5 fully saturated rings. The van der Waals surface area contributed by atoms with E-state index < -0.39 is 51.7 Å². The summed E-state index contributed by atoms with van der Waals surface area (Å²) in [6.07, 6.45) is 2.20. The number of esters is 2. The Morgan fingerprint density at radius 3 is 2.13 bits per heavy atom. The van der Waals surface area contributed by atoms with Gasteiger partial charge in [0.15, 0.2) is 0 Å². The number of carbonyl (C=O) groups excluding carboxylic acids is 2. The molecule has 9 nitrogen and oxygen atoms in total. The molecular weight excluding hydrogens is 726 g/mol. The summed E-state index contributed by atoms with van der Waals surface area (Å²) in [5, 5.41) is 0. The van der Waals surface area contributed by atoms with Crippen molar-refractivity contribution in [2.24, 2.45) is 50.7 Å². The van der Waals surface area contributed by atoms with E-state index in [4.69, 9.17) is 18.4 Å². The number of hydrogen-bond donors (Lipinski definition) is 0. The Bertz CT molecular complexity index is 1760. The second kappa shape index (κ2) is 13.6. The van der Waals surface area contributed by atoms with Crippen molar-refractivity contribution < 1.29 is 54.1 Å². The zero-order valence-corrected chi connectivity index (χ0v) is 33.5. The van der Waals surface area contributed by atoms with E-state index in [-0.39, 0.29) is 51.4 Å². The van der Waals surface area contributed by atoms with Gasteiger partial charge in [0.1, 0.15) is 6.10 Å². The van der Waals surface area contributed by atoms with Crippen LogP contribution in [0.15, 0.2) is 42.0 Å². The fraction of sp³-hybridized carbons (Fsp3) is 0.756. The normalized spacial score (nSPS) is 39.3. The van der Waals surface area contributed by atoms with Crippen molar-refractivity contribution in [1.82, 2.24) is 0 Å². The number of allylic oxidation sites excluding steroid dienone is 1. The van der Waals surface area contributed by atoms with Gasteiger partial charge in [-0.25, -0.2) is 13.2 Å². The molecule has 1 aromatic carbocycles. The lowest BCUT2D eigenvalue weighted by atomic mass is 9.41. The van der Waals surface area contributed by atoms with Crippen molar-refractivity contribution in [2.45, 2.75) is 130 Å². The molecule has 5 saturated carbocycles. The van der Waals surface area contributed by atoms with Gasteiger partial charge in [-0.1, -0.05) is 56.7 Å². The van der Waals surface area contributed by atoms with E-state index in [9.17, 15) is 35.7 Å². The highest BCUT2D eigenvalue weighted by atomic mass is 32.3. The summed E-state index contributed by atoms with van der Waals surface area (Å²) < 4.78 is 101. The molecule has 0 N–H and O–H groups in total. The van der Waals surface area contributed by atoms with Gasteiger partial charge in [-0.15, -0.1) is 0 Å². The van der Waals surface area contributed by atoms with E-state index in [2.05, 4.69) is 20.8 Å². The Kier molecular flexibility index (Phi) is 10.4. The predicted molar refractivity (Wildman–Crippen MR) is 192 cm³/mol. The first-order chi connectivity index (χ1) is 25.0. The van der Waals surface area contributed by atoms with Crippen molar-refractivity contribution in [1.29, 1.82) is 0 Å². The topological polar surface area (TPSA) is 128 Å². The van der Waals surface area contributed by atoms with Crippen LogP contribution in [0.25, 0.3) is 0 Å². The molecule has 2 spiro atoms. The number of halogens is 3. The number of carbonyl (C=O) groups is 2. The van der Waals surface area contributed by atoms with Crippen molar-refractivity contribution in [2.75, 3.05) is 14.2 Å². The van der Waals surface area contributed by atoms with Gasteiger partial charge in [0.2, 0.25) is 10.4 Å². The van der Waals surface area contributed by atoms with Gasteiger partial charge in [-0.05, 0) is 136 Å². The summed E-state index contributed by atoms with van der Waals surface area (Å²) in [7, 11) is -2.88. The van der Waals surface area contributed by atoms with Gasteiger partial charge in [-0.3, -0.25) is 8.98 Å². The number of methoxy groups -OCH3 is 2. The van der Waals surface area contributed by atoms with Crippen LogP contribution in [0.3, 0.4) is 0 Å². The summed E-state index contributed by atoms with van der Waals surface area (Å²) in [5.74, 6) is -1.66. The number of ether oxygens (including phenoxy) is 3. The molecule has 5 aliphatic rings. The molecule has 302 valence electrons. The van der Waals surface area contributed by atoms with Crippen molar-refractivity contribution >= 4 is 22.3 Å². The summed E-state index contributed by atoms with van der Waals surface area (Å²) in [4.78, 5) is 27.2. The first-order valence-electron chi connectivity index (χ1n) is 19.3. The van der Waals surface area contributed by atoms with Crippen molar-refractivity contribution in [3.63, 3.8) is 0 Å². The first-order valence-corrected chi connectivity index (χ1v) is 20.6. The first kappa shape index (κ1) is 41.2. The van der Waals surface area contributed by atoms with E-state index in [0.717, 1.165) is 51.2 Å². The van der Waals surface area contributed by atoms with Gasteiger partial charge in [0.25, 0.3) is 5.60 Å². The number of fused-ring (bicyclic) bond motifs is 2. The van der Waals surface area contributed by atoms with Crippen LogP contribution in [0.2, 0.25) is 0 Å². The van der Waals surface area contributed by atoms with Crippen LogP contribution in [0.1, 0.15) is 111 Å². The Morgan fingerprint density at radius 2 is 1.56 bits per heavy atom. The SMILES string of the molecule is COC(=O)[C@]1(C)[C@@H](OS(=O)(=O)[O-])CC[C@]23C[C@]24CC[C@]2(C)[C@@H]([C@H](C)C[C@H](C=C(C)C)OC(=O)[C@@](OC)(c5ccccc5)C(F)(F)F)CC[C@@]2(C)[C@@H]4CC[C@@H]13. The monoisotopic (exact) mass is 781 g/mol. The number of hydrogen-bond acceptors (Lipinski definition) is 9. The molecule has 0 heterocycles. The van der Waals surface area contributed by atoms with E-state index >= 15 is 0 Å². The molecule has 6 rings (SSSR count). The van der Waals surface area contributed by atoms with Gasteiger partial charge in [-0.2, -0.15) is 13.2 Å². The summed E-state index contributed by atoms with van der Waals surface area (Å²) >= 11 is 0. The maximum atomic E-state index is 14.8. The molecule has 12 atom stereocenters. The third-order valence-corrected chi connectivity index (χ3v) is 16.3. The largest absolute Gasteiger partial charge is 0.726 e. The van der Waals surface area contributed by atoms with Crippen LogP contribution < -0.4 is 0 Å². The predicted octanol–water partition coefficient (Wildman–Crippen LogP) is 8.43. The van der Waals surface area contributed by atoms with Crippen molar-refractivity contribution in [3.8, 4) is 0 Å². The minimum absolute atomic E-state index is 0.00702. The number of benzene rings is 1. The zero-order valence-electron chi connectivity index (χ0n) is 32.7. The molecule has 0 aliphatic heterocycles. The Labute approximate surface area is 318 Å². The molecule has 0 amide bonds. The Morgan fingerprint density at radius 1 is 0.926 bits per heavy atom. The highest BCUT2D eigenvalue weighted by Gasteiger charge is 2.83. The minimum Gasteiger partial charge on any atom is -0.726 e. The van der Waals surface area contributed by atoms with E-state index in [0.29, 0.717) is 25.2 Å². The molecule has 0 radical (unpaired) electrons. The highest BCUT2D eigenvalue weighted by Crippen LogP contribution is 2.89. The third-order valence-electron chi connectivity index (χ3n) is 15.9. The number of rotatable bonds is 11. The number of alkyl halides is 3. The van der Waals surface area contributed by atoms with Crippen LogP contribution >= 0.6 is 0 Å². The van der Waals surface area contributed by atoms with Crippen LogP contribution in [-0.4, -0.2) is 57.5 Å². The molecule has 5 aliphatic carbocycles. The summed E-state index contributed by atoms with van der Waals surface area (Å²) in [6.45, 7) is 12.3. The molecule has 0 saturated heterocycles.